The zero-order valence-electron chi connectivity index (χ0n) is 17.6. The number of methoxy groups -OCH3 is 1. The molecular formula is C16H34BNO7P2. The fourth-order valence-corrected chi connectivity index (χ4v) is 5.74. The predicted molar refractivity (Wildman–Crippen MR) is 110 cm³/mol. The van der Waals surface area contributed by atoms with Gasteiger partial charge in [0, 0.05) is 26.3 Å². The third kappa shape index (κ3) is 7.41. The molecule has 27 heavy (non-hydrogen) atoms. The molecule has 0 bridgehead atoms. The fourth-order valence-electron chi connectivity index (χ4n) is 3.14. The number of ether oxygens (including phenoxy) is 3. The number of hydrogen-bond donors (Lipinski definition) is 1. The first-order valence-electron chi connectivity index (χ1n) is 9.11. The van der Waals surface area contributed by atoms with Gasteiger partial charge < -0.3 is 28.2 Å². The summed E-state index contributed by atoms with van der Waals surface area (Å²) in [7, 11) is -0.245. The lowest BCUT2D eigenvalue weighted by Gasteiger charge is -2.37. The lowest BCUT2D eigenvalue weighted by atomic mass is 9.93. The molecule has 1 saturated heterocycles. The average Bonchev–Trinajstić information content (AvgIpc) is 2.82. The normalized spacial score (nSPS) is 28.1. The fraction of sp³-hybridized carbons (Fsp3) is 0.875. The van der Waals surface area contributed by atoms with Crippen LogP contribution in [0.1, 0.15) is 27.7 Å². The minimum absolute atomic E-state index is 0.277. The van der Waals surface area contributed by atoms with Crippen molar-refractivity contribution in [2.24, 2.45) is 0 Å². The van der Waals surface area contributed by atoms with E-state index in [-0.39, 0.29) is 11.8 Å². The standard InChI is InChI=1S/C16H34BNO7P2/c1-11(2)18(12(3)4)26(7)25-14-13(10-27(19,20)22-6)24-16(17)15(14)23-9-8-21-5/h10-12,14-16H,8-9,17H2,1-7H3,(H,19,20)/b13-10-/t14-,15-,16-,26?/m1/s1. The second-order valence-corrected chi connectivity index (χ2v) is 10.3. The van der Waals surface area contributed by atoms with E-state index < -0.39 is 28.1 Å². The summed E-state index contributed by atoms with van der Waals surface area (Å²) in [4.78, 5) is 9.86. The largest absolute Gasteiger partial charge is 0.498 e. The Bertz CT molecular complexity index is 527. The maximum atomic E-state index is 12.0. The van der Waals surface area contributed by atoms with E-state index in [0.717, 1.165) is 5.82 Å². The van der Waals surface area contributed by atoms with Gasteiger partial charge in [0.2, 0.25) is 0 Å². The monoisotopic (exact) mass is 425 g/mol. The summed E-state index contributed by atoms with van der Waals surface area (Å²) in [6, 6.07) is 0.262. The van der Waals surface area contributed by atoms with Crippen molar-refractivity contribution in [3.8, 4) is 0 Å². The first kappa shape index (κ1) is 25.1. The van der Waals surface area contributed by atoms with Gasteiger partial charge in [-0.2, -0.15) is 0 Å². The minimum Gasteiger partial charge on any atom is -0.498 e. The molecule has 0 aliphatic carbocycles. The predicted octanol–water partition coefficient (Wildman–Crippen LogP) is 2.13. The average molecular weight is 425 g/mol. The summed E-state index contributed by atoms with van der Waals surface area (Å²) < 4.78 is 42.1. The second kappa shape index (κ2) is 11.3. The summed E-state index contributed by atoms with van der Waals surface area (Å²) in [5, 5.41) is 0. The molecule has 2 unspecified atom stereocenters. The van der Waals surface area contributed by atoms with Crippen LogP contribution in [0.2, 0.25) is 0 Å². The van der Waals surface area contributed by atoms with Crippen LogP contribution in [0.4, 0.5) is 0 Å². The minimum atomic E-state index is -3.90. The van der Waals surface area contributed by atoms with Crippen LogP contribution in [-0.2, 0) is 27.8 Å². The lowest BCUT2D eigenvalue weighted by molar-refractivity contribution is -0.0280. The quantitative estimate of drug-likeness (QED) is 0.306. The van der Waals surface area contributed by atoms with Crippen LogP contribution in [0.5, 0.6) is 0 Å². The van der Waals surface area contributed by atoms with E-state index in [2.05, 4.69) is 36.9 Å². The smallest absolute Gasteiger partial charge is 0.354 e. The molecular weight excluding hydrogens is 391 g/mol. The van der Waals surface area contributed by atoms with Crippen molar-refractivity contribution < 1.29 is 32.7 Å². The van der Waals surface area contributed by atoms with E-state index in [1.165, 1.54) is 7.11 Å². The van der Waals surface area contributed by atoms with Crippen LogP contribution in [0.25, 0.3) is 0 Å². The maximum absolute atomic E-state index is 12.0. The van der Waals surface area contributed by atoms with Crippen molar-refractivity contribution >= 4 is 23.7 Å². The molecule has 1 aliphatic heterocycles. The Morgan fingerprint density at radius 1 is 1.30 bits per heavy atom. The van der Waals surface area contributed by atoms with Gasteiger partial charge in [-0.05, 0) is 34.4 Å². The van der Waals surface area contributed by atoms with Crippen molar-refractivity contribution in [3.05, 3.63) is 11.6 Å². The number of nitrogens with zero attached hydrogens (tertiary/aromatic N) is 1. The molecule has 0 aromatic heterocycles. The zero-order valence-corrected chi connectivity index (χ0v) is 19.4. The Kier molecular flexibility index (Phi) is 10.5. The van der Waals surface area contributed by atoms with Gasteiger partial charge in [0.05, 0.1) is 25.0 Å². The van der Waals surface area contributed by atoms with Crippen LogP contribution < -0.4 is 0 Å². The van der Waals surface area contributed by atoms with Crippen LogP contribution in [0, 0.1) is 0 Å². The van der Waals surface area contributed by atoms with Crippen molar-refractivity contribution in [3.63, 3.8) is 0 Å². The van der Waals surface area contributed by atoms with E-state index in [1.54, 1.807) is 7.11 Å². The lowest BCUT2D eigenvalue weighted by Crippen LogP contribution is -2.38. The SMILES string of the molecule is B[C@@H]1O/C(=C\P(=O)(O)OC)[C@@H](OP(C)N(C(C)C)C(C)C)[C@H]1OCCOC. The summed E-state index contributed by atoms with van der Waals surface area (Å²) in [6.45, 7) is 11.3. The highest BCUT2D eigenvalue weighted by atomic mass is 31.2. The molecule has 0 aromatic rings. The highest BCUT2D eigenvalue weighted by molar-refractivity contribution is 7.56. The molecule has 1 N–H and O–H groups in total. The topological polar surface area (TPSA) is 86.7 Å². The van der Waals surface area contributed by atoms with Crippen LogP contribution >= 0.6 is 15.9 Å². The van der Waals surface area contributed by atoms with E-state index in [4.69, 9.17) is 18.7 Å². The third-order valence-electron chi connectivity index (χ3n) is 4.16. The van der Waals surface area contributed by atoms with Gasteiger partial charge in [0.1, 0.15) is 26.3 Å². The number of hydrogen-bond acceptors (Lipinski definition) is 7. The molecule has 0 radical (unpaired) electrons. The van der Waals surface area contributed by atoms with Gasteiger partial charge in [-0.15, -0.1) is 0 Å². The van der Waals surface area contributed by atoms with Crippen LogP contribution in [0.15, 0.2) is 11.6 Å². The first-order chi connectivity index (χ1) is 12.5. The number of rotatable bonds is 11. The third-order valence-corrected chi connectivity index (χ3v) is 7.37. The Balaban J connectivity index is 3.10. The first-order valence-corrected chi connectivity index (χ1v) is 12.4. The van der Waals surface area contributed by atoms with E-state index in [0.29, 0.717) is 25.3 Å². The molecule has 0 aromatic carbocycles. The van der Waals surface area contributed by atoms with Gasteiger partial charge >= 0.3 is 7.60 Å². The maximum Gasteiger partial charge on any atom is 0.354 e. The molecule has 0 amide bonds. The van der Waals surface area contributed by atoms with Crippen molar-refractivity contribution in [1.29, 1.82) is 0 Å². The molecule has 5 atom stereocenters. The van der Waals surface area contributed by atoms with Gasteiger partial charge in [-0.3, -0.25) is 9.24 Å². The molecule has 1 rings (SSSR count). The van der Waals surface area contributed by atoms with Crippen molar-refractivity contribution in [2.75, 3.05) is 34.1 Å². The molecule has 1 fully saturated rings. The summed E-state index contributed by atoms with van der Waals surface area (Å²) in [5.41, 5.74) is 0. The highest BCUT2D eigenvalue weighted by Gasteiger charge is 2.44. The van der Waals surface area contributed by atoms with Gasteiger partial charge in [-0.25, -0.2) is 0 Å². The molecule has 11 heteroatoms. The van der Waals surface area contributed by atoms with Crippen molar-refractivity contribution in [2.45, 2.75) is 58.0 Å². The summed E-state index contributed by atoms with van der Waals surface area (Å²) in [6.07, 6.45) is -1.00. The second-order valence-electron chi connectivity index (χ2n) is 6.99. The summed E-state index contributed by atoms with van der Waals surface area (Å²) in [5.74, 6) is 1.39. The molecule has 1 aliphatic rings. The summed E-state index contributed by atoms with van der Waals surface area (Å²) >= 11 is 0. The van der Waals surface area contributed by atoms with Gasteiger partial charge in [0.25, 0.3) is 0 Å². The molecule has 1 heterocycles. The van der Waals surface area contributed by atoms with Crippen molar-refractivity contribution in [1.82, 2.24) is 4.67 Å². The zero-order chi connectivity index (χ0) is 20.8. The molecule has 8 nitrogen and oxygen atoms in total. The Morgan fingerprint density at radius 2 is 1.89 bits per heavy atom. The van der Waals surface area contributed by atoms with Gasteiger partial charge in [0.15, 0.2) is 7.85 Å². The van der Waals surface area contributed by atoms with Crippen LogP contribution in [-0.4, -0.2) is 81.8 Å². The Labute approximate surface area is 165 Å². The Morgan fingerprint density at radius 3 is 2.37 bits per heavy atom. The molecule has 0 saturated carbocycles. The highest BCUT2D eigenvalue weighted by Crippen LogP contribution is 2.50. The molecule has 0 spiro atoms. The molecule has 158 valence electrons. The van der Waals surface area contributed by atoms with Gasteiger partial charge in [-0.1, -0.05) is 0 Å². The Hall–Kier alpha value is 0.0249. The van der Waals surface area contributed by atoms with E-state index >= 15 is 0 Å². The van der Waals surface area contributed by atoms with E-state index in [1.807, 2.05) is 14.5 Å². The van der Waals surface area contributed by atoms with Crippen LogP contribution in [0.3, 0.4) is 0 Å². The van der Waals surface area contributed by atoms with E-state index in [9.17, 15) is 9.46 Å².